The van der Waals surface area contributed by atoms with Gasteiger partial charge in [0.05, 0.1) is 0 Å². The van der Waals surface area contributed by atoms with Crippen molar-refractivity contribution in [2.75, 3.05) is 0 Å². The van der Waals surface area contributed by atoms with E-state index < -0.39 is 32.4 Å². The van der Waals surface area contributed by atoms with Gasteiger partial charge in [-0.25, -0.2) is 4.79 Å². The summed E-state index contributed by atoms with van der Waals surface area (Å²) in [5.41, 5.74) is 0.435. The first-order chi connectivity index (χ1) is 10.2. The van der Waals surface area contributed by atoms with Crippen molar-refractivity contribution >= 4 is 45.4 Å². The standard InChI is InChI=1S/C15H14BrNO4S/c1-14(2)9(11(19)20)17-12(21)15(16,13(17)22-14)10(18)8-6-4-3-5-7-8/h3-7,9,13H,1-2H3,(H,19,20)/t9-,13+,15-/m0/s1. The third kappa shape index (κ3) is 1.88. The molecule has 1 amide bonds. The van der Waals surface area contributed by atoms with Crippen LogP contribution in [-0.2, 0) is 9.59 Å². The first-order valence-electron chi connectivity index (χ1n) is 6.73. The second kappa shape index (κ2) is 4.83. The Bertz CT molecular complexity index is 677. The molecule has 2 aliphatic rings. The number of amides is 1. The molecule has 7 heteroatoms. The van der Waals surface area contributed by atoms with Crippen LogP contribution in [0.25, 0.3) is 0 Å². The first kappa shape index (κ1) is 15.6. The minimum atomic E-state index is -1.37. The number of benzene rings is 1. The second-order valence-electron chi connectivity index (χ2n) is 5.93. The van der Waals surface area contributed by atoms with Crippen molar-refractivity contribution in [3.63, 3.8) is 0 Å². The molecule has 22 heavy (non-hydrogen) atoms. The lowest BCUT2D eigenvalue weighted by molar-refractivity contribution is -0.158. The predicted octanol–water partition coefficient (Wildman–Crippen LogP) is 2.15. The van der Waals surface area contributed by atoms with Crippen molar-refractivity contribution in [1.82, 2.24) is 4.90 Å². The van der Waals surface area contributed by atoms with Gasteiger partial charge in [0.2, 0.25) is 0 Å². The highest BCUT2D eigenvalue weighted by atomic mass is 79.9. The molecule has 0 saturated carbocycles. The van der Waals surface area contributed by atoms with E-state index in [1.54, 1.807) is 44.2 Å². The maximum Gasteiger partial charge on any atom is 0.327 e. The Morgan fingerprint density at radius 1 is 1.27 bits per heavy atom. The summed E-state index contributed by atoms with van der Waals surface area (Å²) in [6, 6.07) is 7.64. The van der Waals surface area contributed by atoms with Gasteiger partial charge in [0.25, 0.3) is 5.91 Å². The normalized spacial score (nSPS) is 32.3. The van der Waals surface area contributed by atoms with E-state index in [1.807, 2.05) is 0 Å². The molecule has 0 aliphatic carbocycles. The summed E-state index contributed by atoms with van der Waals surface area (Å²) in [6.07, 6.45) is 0. The number of fused-ring (bicyclic) bond motifs is 1. The van der Waals surface area contributed by atoms with Crippen molar-refractivity contribution in [3.05, 3.63) is 35.9 Å². The fraction of sp³-hybridized carbons (Fsp3) is 0.400. The second-order valence-corrected chi connectivity index (χ2v) is 8.92. The van der Waals surface area contributed by atoms with Crippen LogP contribution >= 0.6 is 27.7 Å². The van der Waals surface area contributed by atoms with Gasteiger partial charge in [0, 0.05) is 10.3 Å². The molecule has 3 rings (SSSR count). The van der Waals surface area contributed by atoms with E-state index in [9.17, 15) is 19.5 Å². The molecule has 1 aromatic rings. The zero-order valence-corrected chi connectivity index (χ0v) is 14.3. The fourth-order valence-corrected chi connectivity index (χ4v) is 5.58. The van der Waals surface area contributed by atoms with E-state index in [4.69, 9.17) is 0 Å². The molecule has 0 bridgehead atoms. The van der Waals surface area contributed by atoms with E-state index in [1.165, 1.54) is 16.7 Å². The Labute approximate surface area is 140 Å². The smallest absolute Gasteiger partial charge is 0.327 e. The van der Waals surface area contributed by atoms with E-state index in [0.717, 1.165) is 0 Å². The van der Waals surface area contributed by atoms with E-state index in [-0.39, 0.29) is 5.78 Å². The Hall–Kier alpha value is -1.34. The number of nitrogens with zero attached hydrogens (tertiary/aromatic N) is 1. The van der Waals surface area contributed by atoms with Gasteiger partial charge in [-0.05, 0) is 13.8 Å². The molecular formula is C15H14BrNO4S. The van der Waals surface area contributed by atoms with Gasteiger partial charge in [-0.3, -0.25) is 9.59 Å². The molecule has 2 fully saturated rings. The van der Waals surface area contributed by atoms with Gasteiger partial charge >= 0.3 is 5.97 Å². The van der Waals surface area contributed by atoms with Crippen LogP contribution in [0.2, 0.25) is 0 Å². The number of hydrogen-bond donors (Lipinski definition) is 1. The van der Waals surface area contributed by atoms with Crippen molar-refractivity contribution in [2.24, 2.45) is 0 Å². The summed E-state index contributed by atoms with van der Waals surface area (Å²) in [6.45, 7) is 3.56. The molecule has 116 valence electrons. The minimum absolute atomic E-state index is 0.325. The maximum absolute atomic E-state index is 12.7. The third-order valence-electron chi connectivity index (χ3n) is 4.09. The monoisotopic (exact) mass is 383 g/mol. The average molecular weight is 384 g/mol. The first-order valence-corrected chi connectivity index (χ1v) is 8.40. The Balaban J connectivity index is 1.98. The summed E-state index contributed by atoms with van der Waals surface area (Å²) < 4.78 is -2.03. The summed E-state index contributed by atoms with van der Waals surface area (Å²) >= 11 is 4.66. The summed E-state index contributed by atoms with van der Waals surface area (Å²) in [7, 11) is 0. The molecule has 0 unspecified atom stereocenters. The van der Waals surface area contributed by atoms with Gasteiger partial charge in [-0.15, -0.1) is 11.8 Å². The maximum atomic E-state index is 12.7. The zero-order chi connectivity index (χ0) is 16.3. The highest BCUT2D eigenvalue weighted by Crippen LogP contribution is 2.58. The van der Waals surface area contributed by atoms with Crippen LogP contribution in [0.5, 0.6) is 0 Å². The van der Waals surface area contributed by atoms with Gasteiger partial charge < -0.3 is 10.0 Å². The SMILES string of the molecule is CC1(C)S[C@H]2N(C(=O)[C@@]2(Br)C(=O)c2ccccc2)[C@H]1C(=O)O. The Morgan fingerprint density at radius 3 is 2.41 bits per heavy atom. The lowest BCUT2D eigenvalue weighted by Crippen LogP contribution is -2.73. The number of hydrogen-bond acceptors (Lipinski definition) is 4. The molecule has 1 aromatic carbocycles. The van der Waals surface area contributed by atoms with Gasteiger partial charge in [0.15, 0.2) is 10.1 Å². The summed E-state index contributed by atoms with van der Waals surface area (Å²) in [4.78, 5) is 38.1. The Morgan fingerprint density at radius 2 is 1.86 bits per heavy atom. The van der Waals surface area contributed by atoms with E-state index >= 15 is 0 Å². The highest BCUT2D eigenvalue weighted by molar-refractivity contribution is 9.10. The molecule has 0 spiro atoms. The summed E-state index contributed by atoms with van der Waals surface area (Å²) in [5, 5.41) is 8.90. The molecular weight excluding hydrogens is 370 g/mol. The van der Waals surface area contributed by atoms with Crippen LogP contribution < -0.4 is 0 Å². The summed E-state index contributed by atoms with van der Waals surface area (Å²) in [5.74, 6) is -1.85. The van der Waals surface area contributed by atoms with Crippen LogP contribution in [0.4, 0.5) is 0 Å². The number of aliphatic carboxylic acids is 1. The van der Waals surface area contributed by atoms with Crippen LogP contribution in [0.15, 0.2) is 30.3 Å². The number of carbonyl (C=O) groups is 3. The number of carboxylic acids is 1. The molecule has 3 atom stereocenters. The van der Waals surface area contributed by atoms with Crippen LogP contribution in [0, 0.1) is 0 Å². The molecule has 2 saturated heterocycles. The topological polar surface area (TPSA) is 74.7 Å². The van der Waals surface area contributed by atoms with Crippen LogP contribution in [0.1, 0.15) is 24.2 Å². The number of ketones is 1. The molecule has 0 aromatic heterocycles. The molecule has 2 aliphatic heterocycles. The van der Waals surface area contributed by atoms with Gasteiger partial charge in [-0.1, -0.05) is 46.3 Å². The number of rotatable bonds is 3. The highest BCUT2D eigenvalue weighted by Gasteiger charge is 2.73. The average Bonchev–Trinajstić information content (AvgIpc) is 2.76. The minimum Gasteiger partial charge on any atom is -0.480 e. The fourth-order valence-electron chi connectivity index (χ4n) is 3.03. The number of Topliss-reactive ketones (excluding diaryl/α,β-unsaturated/α-hetero) is 1. The van der Waals surface area contributed by atoms with Crippen molar-refractivity contribution in [1.29, 1.82) is 0 Å². The van der Waals surface area contributed by atoms with Crippen molar-refractivity contribution < 1.29 is 19.5 Å². The van der Waals surface area contributed by atoms with E-state index in [0.29, 0.717) is 5.56 Å². The molecule has 1 N–H and O–H groups in total. The number of carboxylic acid groups (broad SMARTS) is 1. The van der Waals surface area contributed by atoms with Gasteiger partial charge in [-0.2, -0.15) is 0 Å². The van der Waals surface area contributed by atoms with Crippen molar-refractivity contribution in [3.8, 4) is 0 Å². The lowest BCUT2D eigenvalue weighted by atomic mass is 9.86. The Kier molecular flexibility index (Phi) is 3.41. The van der Waals surface area contributed by atoms with Crippen molar-refractivity contribution in [2.45, 2.75) is 34.3 Å². The number of thioether (sulfide) groups is 1. The number of carbonyl (C=O) groups excluding carboxylic acids is 2. The lowest BCUT2D eigenvalue weighted by Gasteiger charge is -2.48. The van der Waals surface area contributed by atoms with E-state index in [2.05, 4.69) is 15.9 Å². The largest absolute Gasteiger partial charge is 0.480 e. The van der Waals surface area contributed by atoms with Crippen LogP contribution in [0.3, 0.4) is 0 Å². The molecule has 0 radical (unpaired) electrons. The number of halogens is 1. The van der Waals surface area contributed by atoms with Crippen LogP contribution in [-0.4, -0.2) is 48.2 Å². The third-order valence-corrected chi connectivity index (χ3v) is 7.16. The number of β-lactam (4-membered cyclic amide) rings is 1. The molecule has 5 nitrogen and oxygen atoms in total. The molecule has 2 heterocycles. The number of alkyl halides is 1. The predicted molar refractivity (Wildman–Crippen MR) is 86.2 cm³/mol. The zero-order valence-electron chi connectivity index (χ0n) is 11.9. The van der Waals surface area contributed by atoms with Gasteiger partial charge in [0.1, 0.15) is 11.4 Å². The quantitative estimate of drug-likeness (QED) is 0.374.